The molecule has 0 saturated heterocycles. The Hall–Kier alpha value is -2.75. The molecule has 3 aromatic rings. The van der Waals surface area contributed by atoms with Crippen molar-refractivity contribution in [3.8, 4) is 10.4 Å². The van der Waals surface area contributed by atoms with Crippen molar-refractivity contribution in [2.24, 2.45) is 5.92 Å². The first-order valence-corrected chi connectivity index (χ1v) is 14.4. The Bertz CT molecular complexity index is 1400. The van der Waals surface area contributed by atoms with Gasteiger partial charge < -0.3 is 10.0 Å². The number of carboxylic acid groups (broad SMARTS) is 1. The Labute approximate surface area is 215 Å². The Morgan fingerprint density at radius 3 is 2.42 bits per heavy atom. The largest absolute Gasteiger partial charge is 0.477 e. The third-order valence-corrected chi connectivity index (χ3v) is 10.6. The fraction of sp³-hybridized carbons (Fsp3) is 0.370. The van der Waals surface area contributed by atoms with Crippen LogP contribution in [0, 0.1) is 18.7 Å². The van der Waals surface area contributed by atoms with Crippen molar-refractivity contribution in [2.45, 2.75) is 50.0 Å². The zero-order valence-corrected chi connectivity index (χ0v) is 21.9. The van der Waals surface area contributed by atoms with Crippen molar-refractivity contribution in [2.75, 3.05) is 18.5 Å². The van der Waals surface area contributed by atoms with Crippen LogP contribution in [0.4, 0.5) is 15.8 Å². The van der Waals surface area contributed by atoms with Crippen LogP contribution < -0.4 is 4.90 Å². The van der Waals surface area contributed by atoms with Crippen LogP contribution in [0.5, 0.6) is 0 Å². The van der Waals surface area contributed by atoms with Crippen molar-refractivity contribution < 1.29 is 22.7 Å². The zero-order chi connectivity index (χ0) is 25.6. The highest BCUT2D eigenvalue weighted by Gasteiger charge is 2.41. The van der Waals surface area contributed by atoms with Gasteiger partial charge in [-0.1, -0.05) is 37.5 Å². The number of sulfonamides is 1. The minimum Gasteiger partial charge on any atom is -0.477 e. The number of hydrogen-bond acceptors (Lipinski definition) is 5. The highest BCUT2D eigenvalue weighted by molar-refractivity contribution is 7.89. The monoisotopic (exact) mass is 528 g/mol. The first kappa shape index (κ1) is 24.9. The second kappa shape index (κ2) is 9.61. The van der Waals surface area contributed by atoms with Gasteiger partial charge in [-0.25, -0.2) is 17.6 Å². The van der Waals surface area contributed by atoms with Crippen molar-refractivity contribution in [1.82, 2.24) is 4.31 Å². The van der Waals surface area contributed by atoms with Gasteiger partial charge in [0.25, 0.3) is 0 Å². The summed E-state index contributed by atoms with van der Waals surface area (Å²) in [6.45, 7) is 2.08. The summed E-state index contributed by atoms with van der Waals surface area (Å²) in [5.74, 6) is -1.44. The van der Waals surface area contributed by atoms with Gasteiger partial charge in [0.2, 0.25) is 10.0 Å². The van der Waals surface area contributed by atoms with E-state index in [4.69, 9.17) is 0 Å². The van der Waals surface area contributed by atoms with Gasteiger partial charge in [-0.05, 0) is 61.6 Å². The van der Waals surface area contributed by atoms with E-state index in [9.17, 15) is 18.3 Å². The smallest absolute Gasteiger partial charge is 0.346 e. The summed E-state index contributed by atoms with van der Waals surface area (Å²) in [5.41, 5.74) is 1.72. The minimum absolute atomic E-state index is 0.0338. The van der Waals surface area contributed by atoms with E-state index in [0.29, 0.717) is 22.7 Å². The van der Waals surface area contributed by atoms with Crippen LogP contribution in [0.1, 0.15) is 47.3 Å². The minimum atomic E-state index is -3.95. The summed E-state index contributed by atoms with van der Waals surface area (Å²) in [6, 6.07) is 13.5. The van der Waals surface area contributed by atoms with Gasteiger partial charge in [-0.2, -0.15) is 4.31 Å². The van der Waals surface area contributed by atoms with Crippen LogP contribution in [0.2, 0.25) is 0 Å². The molecule has 1 aliphatic heterocycles. The zero-order valence-electron chi connectivity index (χ0n) is 20.3. The maximum Gasteiger partial charge on any atom is 0.346 e. The molecule has 0 radical (unpaired) electrons. The number of carboxylic acids is 1. The molecule has 0 spiro atoms. The van der Waals surface area contributed by atoms with Crippen LogP contribution in [0.15, 0.2) is 53.4 Å². The van der Waals surface area contributed by atoms with Crippen LogP contribution in [-0.4, -0.2) is 43.4 Å². The van der Waals surface area contributed by atoms with Crippen LogP contribution in [0.25, 0.3) is 10.4 Å². The maximum atomic E-state index is 15.7. The summed E-state index contributed by atoms with van der Waals surface area (Å²) in [4.78, 5) is 14.0. The predicted octanol–water partition coefficient (Wildman–Crippen LogP) is 6.28. The Morgan fingerprint density at radius 1 is 1.08 bits per heavy atom. The van der Waals surface area contributed by atoms with Crippen molar-refractivity contribution >= 4 is 38.7 Å². The molecule has 2 aliphatic rings. The lowest BCUT2D eigenvalue weighted by Gasteiger charge is -2.36. The third kappa shape index (κ3) is 4.33. The molecule has 9 heteroatoms. The van der Waals surface area contributed by atoms with E-state index in [1.807, 2.05) is 35.2 Å². The predicted molar refractivity (Wildman–Crippen MR) is 140 cm³/mol. The Balaban J connectivity index is 1.70. The van der Waals surface area contributed by atoms with E-state index in [-0.39, 0.29) is 27.3 Å². The van der Waals surface area contributed by atoms with E-state index < -0.39 is 21.8 Å². The average molecular weight is 529 g/mol. The number of rotatable bonds is 4. The Kier molecular flexibility index (Phi) is 6.65. The van der Waals surface area contributed by atoms with Gasteiger partial charge in [-0.3, -0.25) is 0 Å². The average Bonchev–Trinajstić information content (AvgIpc) is 3.23. The Morgan fingerprint density at radius 2 is 1.78 bits per heavy atom. The van der Waals surface area contributed by atoms with Crippen molar-refractivity contribution in [3.05, 3.63) is 64.8 Å². The van der Waals surface area contributed by atoms with Crippen LogP contribution in [0.3, 0.4) is 0 Å². The molecular formula is C27H29FN2O4S2. The van der Waals surface area contributed by atoms with Crippen LogP contribution >= 0.6 is 11.3 Å². The molecule has 1 N–H and O–H groups in total. The molecular weight excluding hydrogens is 499 g/mol. The van der Waals surface area contributed by atoms with E-state index >= 15 is 4.39 Å². The van der Waals surface area contributed by atoms with Crippen molar-refractivity contribution in [1.29, 1.82) is 0 Å². The number of benzene rings is 2. The summed E-state index contributed by atoms with van der Waals surface area (Å²) in [7, 11) is -2.32. The molecule has 0 bridgehead atoms. The fourth-order valence-electron chi connectivity index (χ4n) is 5.53. The first-order chi connectivity index (χ1) is 17.2. The standard InChI is InChI=1S/C27H29FN2O4S2/c1-17-13-24(35-26(17)27(31)32)20-14-25-22(15-21(20)28)30(19-11-7-4-8-12-19)16-23(29(2)36(25,33)34)18-9-5-3-6-10-18/h4,7-8,11-15,18,23H,3,5-6,9-10,16H2,1-2H3,(H,31,32)/t23-/m0/s1. The number of aromatic carboxylic acids is 1. The number of anilines is 2. The number of halogens is 1. The van der Waals surface area contributed by atoms with E-state index in [1.165, 1.54) is 16.4 Å². The highest BCUT2D eigenvalue weighted by Crippen LogP contribution is 2.44. The normalized spacial score (nSPS) is 20.6. The lowest BCUT2D eigenvalue weighted by molar-refractivity contribution is 0.0701. The lowest BCUT2D eigenvalue weighted by Crippen LogP contribution is -2.46. The number of fused-ring (bicyclic) bond motifs is 1. The van der Waals surface area contributed by atoms with Gasteiger partial charge in [0.15, 0.2) is 0 Å². The van der Waals surface area contributed by atoms with Gasteiger partial charge in [-0.15, -0.1) is 11.3 Å². The summed E-state index contributed by atoms with van der Waals surface area (Å²) < 4.78 is 45.2. The summed E-state index contributed by atoms with van der Waals surface area (Å²) in [5, 5.41) is 9.46. The molecule has 0 unspecified atom stereocenters. The third-order valence-electron chi connectivity index (χ3n) is 7.47. The summed E-state index contributed by atoms with van der Waals surface area (Å²) in [6.07, 6.45) is 5.26. The molecule has 1 saturated carbocycles. The molecule has 5 rings (SSSR count). The fourth-order valence-corrected chi connectivity index (χ4v) is 8.16. The SMILES string of the molecule is Cc1cc(-c2cc3c(cc2F)N(c2ccccc2)C[C@@H](C2CCCCC2)N(C)S3(=O)=O)sc1C(=O)O. The van der Waals surface area contributed by atoms with Crippen molar-refractivity contribution in [3.63, 3.8) is 0 Å². The molecule has 190 valence electrons. The quantitative estimate of drug-likeness (QED) is 0.431. The van der Waals surface area contributed by atoms with E-state index in [2.05, 4.69) is 0 Å². The number of aryl methyl sites for hydroxylation is 1. The molecule has 6 nitrogen and oxygen atoms in total. The number of likely N-dealkylation sites (N-methyl/N-ethyl adjacent to an activating group) is 1. The first-order valence-electron chi connectivity index (χ1n) is 12.2. The second-order valence-electron chi connectivity index (χ2n) is 9.66. The maximum absolute atomic E-state index is 15.7. The second-order valence-corrected chi connectivity index (χ2v) is 12.7. The van der Waals surface area contributed by atoms with Gasteiger partial charge in [0, 0.05) is 35.8 Å². The number of thiophene rings is 1. The van der Waals surface area contributed by atoms with Crippen LogP contribution in [-0.2, 0) is 10.0 Å². The number of nitrogens with zero attached hydrogens (tertiary/aromatic N) is 2. The molecule has 1 fully saturated rings. The number of hydrogen-bond donors (Lipinski definition) is 1. The molecule has 2 aromatic carbocycles. The van der Waals surface area contributed by atoms with Gasteiger partial charge >= 0.3 is 5.97 Å². The molecule has 2 heterocycles. The molecule has 36 heavy (non-hydrogen) atoms. The summed E-state index contributed by atoms with van der Waals surface area (Å²) >= 11 is 0.951. The number of carbonyl (C=O) groups is 1. The highest BCUT2D eigenvalue weighted by atomic mass is 32.2. The van der Waals surface area contributed by atoms with E-state index in [1.54, 1.807) is 20.0 Å². The topological polar surface area (TPSA) is 77.9 Å². The van der Waals surface area contributed by atoms with E-state index in [0.717, 1.165) is 49.1 Å². The lowest BCUT2D eigenvalue weighted by atomic mass is 9.83. The molecule has 1 aromatic heterocycles. The van der Waals surface area contributed by atoms with Gasteiger partial charge in [0.05, 0.1) is 5.69 Å². The number of para-hydroxylation sites is 1. The molecule has 1 aliphatic carbocycles. The molecule has 0 amide bonds. The van der Waals surface area contributed by atoms with Gasteiger partial charge in [0.1, 0.15) is 15.6 Å². The molecule has 1 atom stereocenters.